The summed E-state index contributed by atoms with van der Waals surface area (Å²) in [5.41, 5.74) is 0.157. The van der Waals surface area contributed by atoms with E-state index in [1.54, 1.807) is 0 Å². The first-order valence-electron chi connectivity index (χ1n) is 5.75. The molecule has 1 fully saturated rings. The van der Waals surface area contributed by atoms with Crippen LogP contribution in [0.15, 0.2) is 30.3 Å². The molecule has 1 aliphatic rings. The first kappa shape index (κ1) is 12.2. The fourth-order valence-corrected chi connectivity index (χ4v) is 1.90. The van der Waals surface area contributed by atoms with Crippen LogP contribution in [0.2, 0.25) is 0 Å². The van der Waals surface area contributed by atoms with E-state index in [4.69, 9.17) is 16.3 Å². The van der Waals surface area contributed by atoms with Crippen LogP contribution < -0.4 is 10.1 Å². The Labute approximate surface area is 106 Å². The van der Waals surface area contributed by atoms with Crippen LogP contribution in [0, 0.1) is 5.41 Å². The van der Waals surface area contributed by atoms with E-state index in [-0.39, 0.29) is 17.9 Å². The number of nitrogens with one attached hydrogen (secondary N) is 1. The minimum absolute atomic E-state index is 0.0579. The highest BCUT2D eigenvalue weighted by molar-refractivity contribution is 6.18. The van der Waals surface area contributed by atoms with Gasteiger partial charge in [0, 0.05) is 17.8 Å². The van der Waals surface area contributed by atoms with Crippen LogP contribution in [-0.2, 0) is 4.79 Å². The van der Waals surface area contributed by atoms with Crippen molar-refractivity contribution < 1.29 is 9.53 Å². The molecule has 0 unspecified atom stereocenters. The monoisotopic (exact) mass is 253 g/mol. The summed E-state index contributed by atoms with van der Waals surface area (Å²) < 4.78 is 5.34. The molecule has 0 aromatic heterocycles. The van der Waals surface area contributed by atoms with Crippen molar-refractivity contribution in [2.75, 3.05) is 19.0 Å². The Bertz CT molecular complexity index is 376. The van der Waals surface area contributed by atoms with Gasteiger partial charge >= 0.3 is 0 Å². The van der Waals surface area contributed by atoms with Crippen molar-refractivity contribution in [3.63, 3.8) is 0 Å². The van der Waals surface area contributed by atoms with Crippen molar-refractivity contribution >= 4 is 17.5 Å². The number of hydrogen-bond donors (Lipinski definition) is 1. The Morgan fingerprint density at radius 1 is 1.35 bits per heavy atom. The van der Waals surface area contributed by atoms with Crippen molar-refractivity contribution in [1.82, 2.24) is 5.32 Å². The third kappa shape index (κ3) is 3.63. The molecular formula is C13H16ClNO2. The molecule has 92 valence electrons. The van der Waals surface area contributed by atoms with E-state index in [1.165, 1.54) is 0 Å². The average Bonchev–Trinajstić information content (AvgIpc) is 3.16. The van der Waals surface area contributed by atoms with Gasteiger partial charge in [0.15, 0.2) is 6.61 Å². The third-order valence-corrected chi connectivity index (χ3v) is 3.58. The van der Waals surface area contributed by atoms with E-state index in [0.29, 0.717) is 18.2 Å². The Morgan fingerprint density at radius 3 is 2.65 bits per heavy atom. The molecule has 1 aliphatic carbocycles. The summed E-state index contributed by atoms with van der Waals surface area (Å²) in [6.45, 7) is 0.718. The zero-order valence-corrected chi connectivity index (χ0v) is 10.4. The Morgan fingerprint density at radius 2 is 2.06 bits per heavy atom. The van der Waals surface area contributed by atoms with E-state index in [1.807, 2.05) is 30.3 Å². The van der Waals surface area contributed by atoms with Gasteiger partial charge in [0.2, 0.25) is 0 Å². The molecule has 0 saturated heterocycles. The predicted molar refractivity (Wildman–Crippen MR) is 67.3 cm³/mol. The van der Waals surface area contributed by atoms with Crippen molar-refractivity contribution in [1.29, 1.82) is 0 Å². The Kier molecular flexibility index (Phi) is 3.89. The van der Waals surface area contributed by atoms with E-state index in [9.17, 15) is 4.79 Å². The van der Waals surface area contributed by atoms with Crippen LogP contribution in [0.3, 0.4) is 0 Å². The smallest absolute Gasteiger partial charge is 0.257 e. The molecule has 4 heteroatoms. The lowest BCUT2D eigenvalue weighted by Gasteiger charge is -2.12. The van der Waals surface area contributed by atoms with Gasteiger partial charge in [-0.25, -0.2) is 0 Å². The highest BCUT2D eigenvalue weighted by Gasteiger charge is 2.41. The van der Waals surface area contributed by atoms with Gasteiger partial charge in [-0.05, 0) is 25.0 Å². The SMILES string of the molecule is O=C(COc1ccccc1)NCC1(CCl)CC1. The number of hydrogen-bond acceptors (Lipinski definition) is 2. The van der Waals surface area contributed by atoms with Crippen molar-refractivity contribution in [2.24, 2.45) is 5.41 Å². The topological polar surface area (TPSA) is 38.3 Å². The molecule has 0 bridgehead atoms. The molecule has 1 N–H and O–H groups in total. The summed E-state index contributed by atoms with van der Waals surface area (Å²) in [5.74, 6) is 1.23. The molecule has 0 atom stereocenters. The number of para-hydroxylation sites is 1. The second-order valence-electron chi connectivity index (χ2n) is 4.51. The summed E-state index contributed by atoms with van der Waals surface area (Å²) in [5, 5.41) is 2.86. The summed E-state index contributed by atoms with van der Waals surface area (Å²) in [6.07, 6.45) is 2.21. The van der Waals surface area contributed by atoms with E-state index in [2.05, 4.69) is 5.32 Å². The number of benzene rings is 1. The summed E-state index contributed by atoms with van der Waals surface area (Å²) >= 11 is 5.83. The molecule has 1 saturated carbocycles. The van der Waals surface area contributed by atoms with Gasteiger partial charge in [-0.15, -0.1) is 11.6 Å². The van der Waals surface area contributed by atoms with Crippen LogP contribution in [0.5, 0.6) is 5.75 Å². The first-order valence-corrected chi connectivity index (χ1v) is 6.28. The lowest BCUT2D eigenvalue weighted by atomic mass is 10.1. The highest BCUT2D eigenvalue weighted by Crippen LogP contribution is 2.45. The standard InChI is InChI=1S/C13H16ClNO2/c14-9-13(6-7-13)10-15-12(16)8-17-11-4-2-1-3-5-11/h1-5H,6-10H2,(H,15,16). The number of rotatable bonds is 6. The maximum atomic E-state index is 11.5. The van der Waals surface area contributed by atoms with Crippen LogP contribution >= 0.6 is 11.6 Å². The van der Waals surface area contributed by atoms with Crippen LogP contribution in [0.1, 0.15) is 12.8 Å². The number of alkyl halides is 1. The van der Waals surface area contributed by atoms with Gasteiger partial charge in [0.25, 0.3) is 5.91 Å². The van der Waals surface area contributed by atoms with Gasteiger partial charge in [-0.3, -0.25) is 4.79 Å². The quantitative estimate of drug-likeness (QED) is 0.790. The zero-order chi connectivity index (χ0) is 12.1. The number of ether oxygens (including phenoxy) is 1. The fourth-order valence-electron chi connectivity index (χ4n) is 1.54. The molecule has 0 spiro atoms. The molecule has 0 heterocycles. The van der Waals surface area contributed by atoms with Crippen molar-refractivity contribution in [3.8, 4) is 5.75 Å². The largest absolute Gasteiger partial charge is 0.484 e. The van der Waals surface area contributed by atoms with Crippen LogP contribution in [0.25, 0.3) is 0 Å². The molecular weight excluding hydrogens is 238 g/mol. The lowest BCUT2D eigenvalue weighted by molar-refractivity contribution is -0.123. The second-order valence-corrected chi connectivity index (χ2v) is 4.78. The number of carbonyl (C=O) groups is 1. The maximum absolute atomic E-state index is 11.5. The normalized spacial score (nSPS) is 16.3. The number of amides is 1. The molecule has 3 nitrogen and oxygen atoms in total. The summed E-state index contributed by atoms with van der Waals surface area (Å²) in [4.78, 5) is 11.5. The van der Waals surface area contributed by atoms with Gasteiger partial charge in [-0.2, -0.15) is 0 Å². The molecule has 0 radical (unpaired) electrons. The molecule has 1 amide bonds. The van der Waals surface area contributed by atoms with E-state index >= 15 is 0 Å². The highest BCUT2D eigenvalue weighted by atomic mass is 35.5. The minimum Gasteiger partial charge on any atom is -0.484 e. The summed E-state index contributed by atoms with van der Waals surface area (Å²) in [7, 11) is 0. The lowest BCUT2D eigenvalue weighted by Crippen LogP contribution is -2.34. The summed E-state index contributed by atoms with van der Waals surface area (Å²) in [6, 6.07) is 9.31. The Hall–Kier alpha value is -1.22. The predicted octanol–water partition coefficient (Wildman–Crippen LogP) is 2.20. The molecule has 1 aromatic carbocycles. The van der Waals surface area contributed by atoms with E-state index < -0.39 is 0 Å². The van der Waals surface area contributed by atoms with Gasteiger partial charge in [0.05, 0.1) is 0 Å². The molecule has 17 heavy (non-hydrogen) atoms. The van der Waals surface area contributed by atoms with Gasteiger partial charge in [-0.1, -0.05) is 18.2 Å². The second kappa shape index (κ2) is 5.41. The average molecular weight is 254 g/mol. The first-order chi connectivity index (χ1) is 8.24. The molecule has 2 rings (SSSR count). The minimum atomic E-state index is -0.0924. The van der Waals surface area contributed by atoms with Gasteiger partial charge in [0.1, 0.15) is 5.75 Å². The number of carbonyl (C=O) groups excluding carboxylic acids is 1. The zero-order valence-electron chi connectivity index (χ0n) is 9.62. The molecule has 0 aliphatic heterocycles. The fraction of sp³-hybridized carbons (Fsp3) is 0.462. The van der Waals surface area contributed by atoms with Crippen LogP contribution in [-0.4, -0.2) is 24.9 Å². The Balaban J connectivity index is 1.68. The van der Waals surface area contributed by atoms with Crippen molar-refractivity contribution in [3.05, 3.63) is 30.3 Å². The van der Waals surface area contributed by atoms with Crippen LogP contribution in [0.4, 0.5) is 0 Å². The van der Waals surface area contributed by atoms with Crippen molar-refractivity contribution in [2.45, 2.75) is 12.8 Å². The van der Waals surface area contributed by atoms with E-state index in [0.717, 1.165) is 12.8 Å². The number of halogens is 1. The maximum Gasteiger partial charge on any atom is 0.257 e. The third-order valence-electron chi connectivity index (χ3n) is 3.01. The molecule has 1 aromatic rings. The van der Waals surface area contributed by atoms with Gasteiger partial charge < -0.3 is 10.1 Å².